The molecule has 1 aromatic carbocycles. The molecule has 1 saturated heterocycles. The molecular formula is C13H17FN2O3. The number of benzene rings is 1. The van der Waals surface area contributed by atoms with E-state index >= 15 is 0 Å². The lowest BCUT2D eigenvalue weighted by molar-refractivity contribution is 0.134. The summed E-state index contributed by atoms with van der Waals surface area (Å²) in [6.07, 6.45) is 0.564. The van der Waals surface area contributed by atoms with Gasteiger partial charge in [0.2, 0.25) is 0 Å². The molecule has 19 heavy (non-hydrogen) atoms. The van der Waals surface area contributed by atoms with Crippen LogP contribution in [0.1, 0.15) is 12.8 Å². The first-order valence-electron chi connectivity index (χ1n) is 6.18. The standard InChI is InChI=1S/C13H17FN2O3/c1-19-12-3-2-10(8-11(12)14)15-9-4-6-16(7-5-9)13(17)18/h2-3,8-9,15H,4-7H2,1H3,(H,17,18). The fourth-order valence-corrected chi connectivity index (χ4v) is 2.21. The molecular weight excluding hydrogens is 251 g/mol. The Labute approximate surface area is 111 Å². The minimum atomic E-state index is -0.881. The number of carboxylic acid groups (broad SMARTS) is 1. The highest BCUT2D eigenvalue weighted by atomic mass is 19.1. The maximum absolute atomic E-state index is 13.5. The van der Waals surface area contributed by atoms with Crippen LogP contribution in [0.5, 0.6) is 5.75 Å². The molecule has 0 atom stereocenters. The van der Waals surface area contributed by atoms with Crippen molar-refractivity contribution in [1.82, 2.24) is 4.90 Å². The van der Waals surface area contributed by atoms with Gasteiger partial charge in [-0.2, -0.15) is 0 Å². The number of hydrogen-bond donors (Lipinski definition) is 2. The minimum Gasteiger partial charge on any atom is -0.494 e. The molecule has 6 heteroatoms. The summed E-state index contributed by atoms with van der Waals surface area (Å²) in [5.41, 5.74) is 0.687. The van der Waals surface area contributed by atoms with Crippen LogP contribution in [-0.2, 0) is 0 Å². The Morgan fingerprint density at radius 1 is 1.47 bits per heavy atom. The van der Waals surface area contributed by atoms with E-state index in [-0.39, 0.29) is 11.8 Å². The monoisotopic (exact) mass is 268 g/mol. The second kappa shape index (κ2) is 5.77. The van der Waals surface area contributed by atoms with Crippen molar-refractivity contribution < 1.29 is 19.0 Å². The van der Waals surface area contributed by atoms with Crippen LogP contribution in [0.25, 0.3) is 0 Å². The topological polar surface area (TPSA) is 61.8 Å². The summed E-state index contributed by atoms with van der Waals surface area (Å²) < 4.78 is 18.4. The van der Waals surface area contributed by atoms with E-state index in [1.54, 1.807) is 12.1 Å². The van der Waals surface area contributed by atoms with Crippen LogP contribution in [0, 0.1) is 5.82 Å². The van der Waals surface area contributed by atoms with Crippen molar-refractivity contribution in [3.63, 3.8) is 0 Å². The van der Waals surface area contributed by atoms with E-state index in [9.17, 15) is 9.18 Å². The van der Waals surface area contributed by atoms with E-state index in [1.807, 2.05) is 0 Å². The highest BCUT2D eigenvalue weighted by Crippen LogP contribution is 2.23. The maximum atomic E-state index is 13.5. The summed E-state index contributed by atoms with van der Waals surface area (Å²) in [4.78, 5) is 12.2. The van der Waals surface area contributed by atoms with Crippen LogP contribution in [0.15, 0.2) is 18.2 Å². The molecule has 0 aromatic heterocycles. The third-order valence-corrected chi connectivity index (χ3v) is 3.29. The smallest absolute Gasteiger partial charge is 0.407 e. The van der Waals surface area contributed by atoms with Crippen LogP contribution in [0.3, 0.4) is 0 Å². The van der Waals surface area contributed by atoms with Gasteiger partial charge in [0.15, 0.2) is 11.6 Å². The summed E-state index contributed by atoms with van der Waals surface area (Å²) in [7, 11) is 1.42. The van der Waals surface area contributed by atoms with Crippen LogP contribution in [0.4, 0.5) is 14.9 Å². The Morgan fingerprint density at radius 3 is 2.68 bits per heavy atom. The lowest BCUT2D eigenvalue weighted by atomic mass is 10.1. The third kappa shape index (κ3) is 3.27. The van der Waals surface area contributed by atoms with Gasteiger partial charge in [-0.3, -0.25) is 0 Å². The molecule has 1 aliphatic rings. The van der Waals surface area contributed by atoms with Crippen molar-refractivity contribution in [2.24, 2.45) is 0 Å². The molecule has 0 radical (unpaired) electrons. The molecule has 1 aromatic rings. The lowest BCUT2D eigenvalue weighted by Gasteiger charge is -2.31. The van der Waals surface area contributed by atoms with Gasteiger partial charge in [-0.05, 0) is 25.0 Å². The molecule has 5 nitrogen and oxygen atoms in total. The zero-order valence-corrected chi connectivity index (χ0v) is 10.7. The predicted octanol–water partition coefficient (Wildman–Crippen LogP) is 2.39. The van der Waals surface area contributed by atoms with Gasteiger partial charge in [0.25, 0.3) is 0 Å². The summed E-state index contributed by atoms with van der Waals surface area (Å²) in [6, 6.07) is 4.89. The molecule has 1 heterocycles. The van der Waals surface area contributed by atoms with Crippen molar-refractivity contribution in [2.45, 2.75) is 18.9 Å². The number of nitrogens with zero attached hydrogens (tertiary/aromatic N) is 1. The summed E-state index contributed by atoms with van der Waals surface area (Å²) in [5.74, 6) is -0.193. The maximum Gasteiger partial charge on any atom is 0.407 e. The Hall–Kier alpha value is -1.98. The first-order valence-corrected chi connectivity index (χ1v) is 6.18. The Bertz CT molecular complexity index is 459. The second-order valence-electron chi connectivity index (χ2n) is 4.54. The first kappa shape index (κ1) is 13.5. The van der Waals surface area contributed by atoms with Crippen molar-refractivity contribution in [3.05, 3.63) is 24.0 Å². The van der Waals surface area contributed by atoms with Crippen molar-refractivity contribution in [2.75, 3.05) is 25.5 Å². The molecule has 0 spiro atoms. The molecule has 104 valence electrons. The number of ether oxygens (including phenoxy) is 1. The molecule has 0 bridgehead atoms. The molecule has 0 aliphatic carbocycles. The zero-order valence-electron chi connectivity index (χ0n) is 10.7. The Morgan fingerprint density at radius 2 is 2.16 bits per heavy atom. The number of piperidine rings is 1. The number of methoxy groups -OCH3 is 1. The van der Waals surface area contributed by atoms with Gasteiger partial charge in [0.05, 0.1) is 7.11 Å². The largest absolute Gasteiger partial charge is 0.494 e. The average Bonchev–Trinajstić information content (AvgIpc) is 2.39. The Balaban J connectivity index is 1.92. The molecule has 1 aliphatic heterocycles. The number of rotatable bonds is 3. The number of halogens is 1. The summed E-state index contributed by atoms with van der Waals surface area (Å²) in [5, 5.41) is 12.1. The predicted molar refractivity (Wildman–Crippen MR) is 69.2 cm³/mol. The van der Waals surface area contributed by atoms with Crippen molar-refractivity contribution in [1.29, 1.82) is 0 Å². The van der Waals surface area contributed by atoms with E-state index in [0.29, 0.717) is 18.8 Å². The molecule has 2 rings (SSSR count). The van der Waals surface area contributed by atoms with Crippen LogP contribution >= 0.6 is 0 Å². The van der Waals surface area contributed by atoms with Gasteiger partial charge in [-0.1, -0.05) is 0 Å². The molecule has 0 unspecified atom stereocenters. The SMILES string of the molecule is COc1ccc(NC2CCN(C(=O)O)CC2)cc1F. The van der Waals surface area contributed by atoms with Crippen LogP contribution in [-0.4, -0.2) is 42.3 Å². The average molecular weight is 268 g/mol. The van der Waals surface area contributed by atoms with Gasteiger partial charge in [0.1, 0.15) is 0 Å². The van der Waals surface area contributed by atoms with Gasteiger partial charge in [0, 0.05) is 30.9 Å². The molecule has 2 N–H and O–H groups in total. The quantitative estimate of drug-likeness (QED) is 0.883. The number of nitrogens with one attached hydrogen (secondary N) is 1. The van der Waals surface area contributed by atoms with E-state index in [2.05, 4.69) is 5.32 Å². The van der Waals surface area contributed by atoms with Crippen molar-refractivity contribution >= 4 is 11.8 Å². The molecule has 0 saturated carbocycles. The zero-order chi connectivity index (χ0) is 13.8. The van der Waals surface area contributed by atoms with Gasteiger partial charge in [-0.25, -0.2) is 9.18 Å². The fraction of sp³-hybridized carbons (Fsp3) is 0.462. The lowest BCUT2D eigenvalue weighted by Crippen LogP contribution is -2.41. The number of carbonyl (C=O) groups is 1. The number of amides is 1. The molecule has 1 amide bonds. The summed E-state index contributed by atoms with van der Waals surface area (Å²) >= 11 is 0. The van der Waals surface area contributed by atoms with Crippen molar-refractivity contribution in [3.8, 4) is 5.75 Å². The number of likely N-dealkylation sites (tertiary alicyclic amines) is 1. The van der Waals surface area contributed by atoms with Gasteiger partial charge < -0.3 is 20.1 Å². The van der Waals surface area contributed by atoms with E-state index in [1.165, 1.54) is 18.1 Å². The fourth-order valence-electron chi connectivity index (χ4n) is 2.21. The summed E-state index contributed by atoms with van der Waals surface area (Å²) in [6.45, 7) is 1.01. The number of hydrogen-bond acceptors (Lipinski definition) is 3. The normalized spacial score (nSPS) is 16.2. The van der Waals surface area contributed by atoms with Gasteiger partial charge >= 0.3 is 6.09 Å². The second-order valence-corrected chi connectivity index (χ2v) is 4.54. The van der Waals surface area contributed by atoms with Crippen LogP contribution < -0.4 is 10.1 Å². The third-order valence-electron chi connectivity index (χ3n) is 3.29. The van der Waals surface area contributed by atoms with E-state index in [0.717, 1.165) is 12.8 Å². The van der Waals surface area contributed by atoms with Gasteiger partial charge in [-0.15, -0.1) is 0 Å². The minimum absolute atomic E-state index is 0.170. The Kier molecular flexibility index (Phi) is 4.09. The molecule has 1 fully saturated rings. The highest BCUT2D eigenvalue weighted by Gasteiger charge is 2.22. The number of anilines is 1. The van der Waals surface area contributed by atoms with Crippen LogP contribution in [0.2, 0.25) is 0 Å². The highest BCUT2D eigenvalue weighted by molar-refractivity contribution is 5.65. The first-order chi connectivity index (χ1) is 9.10. The van der Waals surface area contributed by atoms with E-state index < -0.39 is 11.9 Å². The van der Waals surface area contributed by atoms with E-state index in [4.69, 9.17) is 9.84 Å².